The lowest BCUT2D eigenvalue weighted by Gasteiger charge is -2.59. The molecule has 0 radical (unpaired) electrons. The third-order valence-electron chi connectivity index (χ3n) is 6.68. The molecule has 0 amide bonds. The number of benzene rings is 1. The molecule has 0 aliphatic carbocycles. The normalized spacial score (nSPS) is 31.2. The fraction of sp³-hybridized carbons (Fsp3) is 0.619. The fourth-order valence-electron chi connectivity index (χ4n) is 5.31. The minimum atomic E-state index is -3.09. The molecule has 1 fully saturated rings. The van der Waals surface area contributed by atoms with Crippen LogP contribution in [0.5, 0.6) is 0 Å². The predicted molar refractivity (Wildman–Crippen MR) is 113 cm³/mol. The van der Waals surface area contributed by atoms with Crippen LogP contribution in [0.15, 0.2) is 18.2 Å². The summed E-state index contributed by atoms with van der Waals surface area (Å²) in [6, 6.07) is 1.59. The lowest BCUT2D eigenvalue weighted by atomic mass is 9.47. The van der Waals surface area contributed by atoms with Gasteiger partial charge in [-0.2, -0.15) is 0 Å². The molecule has 5 atom stereocenters. The van der Waals surface area contributed by atoms with E-state index in [0.717, 1.165) is 0 Å². The first-order valence-electron chi connectivity index (χ1n) is 9.84. The van der Waals surface area contributed by atoms with Gasteiger partial charge in [-0.3, -0.25) is 9.59 Å². The lowest BCUT2D eigenvalue weighted by molar-refractivity contribution is -0.186. The molecular formula is C21H27Cl2F2NO5. The molecular weight excluding hydrogens is 455 g/mol. The van der Waals surface area contributed by atoms with Gasteiger partial charge in [-0.25, -0.2) is 8.78 Å². The van der Waals surface area contributed by atoms with E-state index < -0.39 is 53.1 Å². The van der Waals surface area contributed by atoms with Crippen LogP contribution in [-0.4, -0.2) is 54.4 Å². The quantitative estimate of drug-likeness (QED) is 0.504. The van der Waals surface area contributed by atoms with Crippen LogP contribution in [0.25, 0.3) is 0 Å². The maximum absolute atomic E-state index is 14.3. The van der Waals surface area contributed by atoms with Gasteiger partial charge in [0.15, 0.2) is 0 Å². The highest BCUT2D eigenvalue weighted by Gasteiger charge is 2.70. The van der Waals surface area contributed by atoms with Gasteiger partial charge in [0.25, 0.3) is 6.43 Å². The summed E-state index contributed by atoms with van der Waals surface area (Å²) >= 11 is 12.6. The second kappa shape index (κ2) is 9.57. The Balaban J connectivity index is 3.06. The summed E-state index contributed by atoms with van der Waals surface area (Å²) in [6.07, 6.45) is -3.45. The van der Waals surface area contributed by atoms with Gasteiger partial charge in [0.05, 0.1) is 26.9 Å². The molecule has 1 heterocycles. The topological polar surface area (TPSA) is 95.9 Å². The molecule has 31 heavy (non-hydrogen) atoms. The monoisotopic (exact) mass is 481 g/mol. The molecule has 1 saturated heterocycles. The number of piperidine rings is 1. The number of aliphatic carboxylic acids is 2. The number of alkyl halides is 2. The Morgan fingerprint density at radius 3 is 2.29 bits per heavy atom. The Morgan fingerprint density at radius 2 is 1.84 bits per heavy atom. The van der Waals surface area contributed by atoms with Crippen LogP contribution in [0.2, 0.25) is 10.0 Å². The number of nitrogens with one attached hydrogen (secondary N) is 1. The zero-order chi connectivity index (χ0) is 23.7. The highest BCUT2D eigenvalue weighted by molar-refractivity contribution is 6.42. The molecule has 3 N–H and O–H groups in total. The second-order valence-electron chi connectivity index (χ2n) is 8.26. The first-order valence-corrected chi connectivity index (χ1v) is 10.6. The van der Waals surface area contributed by atoms with Crippen molar-refractivity contribution >= 4 is 35.1 Å². The summed E-state index contributed by atoms with van der Waals surface area (Å²) in [5, 5.41) is 23.5. The summed E-state index contributed by atoms with van der Waals surface area (Å²) < 4.78 is 33.7. The average Bonchev–Trinajstić information content (AvgIpc) is 2.67. The average molecular weight is 482 g/mol. The van der Waals surface area contributed by atoms with Crippen molar-refractivity contribution in [1.82, 2.24) is 5.32 Å². The van der Waals surface area contributed by atoms with Crippen molar-refractivity contribution in [3.05, 3.63) is 33.8 Å². The summed E-state index contributed by atoms with van der Waals surface area (Å²) in [6.45, 7) is 4.57. The van der Waals surface area contributed by atoms with Crippen LogP contribution in [0.4, 0.5) is 8.78 Å². The van der Waals surface area contributed by atoms with E-state index >= 15 is 0 Å². The number of carboxylic acid groups (broad SMARTS) is 2. The lowest BCUT2D eigenvalue weighted by Crippen LogP contribution is -2.73. The van der Waals surface area contributed by atoms with E-state index in [1.807, 2.05) is 0 Å². The van der Waals surface area contributed by atoms with Crippen molar-refractivity contribution in [3.8, 4) is 0 Å². The molecule has 0 aromatic heterocycles. The smallest absolute Gasteiger partial charge is 0.312 e. The van der Waals surface area contributed by atoms with Crippen LogP contribution >= 0.6 is 23.2 Å². The summed E-state index contributed by atoms with van der Waals surface area (Å²) in [5.41, 5.74) is -3.91. The van der Waals surface area contributed by atoms with Crippen molar-refractivity contribution < 1.29 is 33.3 Å². The number of carbonyl (C=O) groups is 2. The molecule has 10 heteroatoms. The van der Waals surface area contributed by atoms with Gasteiger partial charge >= 0.3 is 11.9 Å². The number of halogens is 4. The van der Waals surface area contributed by atoms with Crippen LogP contribution in [-0.2, 0) is 14.3 Å². The predicted octanol–water partition coefficient (Wildman–Crippen LogP) is 4.54. The molecule has 1 aromatic rings. The van der Waals surface area contributed by atoms with Gasteiger partial charge < -0.3 is 20.3 Å². The van der Waals surface area contributed by atoms with Gasteiger partial charge in [0.2, 0.25) is 0 Å². The van der Waals surface area contributed by atoms with Gasteiger partial charge in [-0.1, -0.05) is 49.2 Å². The van der Waals surface area contributed by atoms with E-state index in [0.29, 0.717) is 0 Å². The zero-order valence-electron chi connectivity index (χ0n) is 17.7. The summed E-state index contributed by atoms with van der Waals surface area (Å²) in [7, 11) is 1.32. The molecule has 0 saturated carbocycles. The van der Waals surface area contributed by atoms with Gasteiger partial charge in [0, 0.05) is 25.7 Å². The second-order valence-corrected chi connectivity index (χ2v) is 9.04. The number of methoxy groups -OCH3 is 1. The minimum absolute atomic E-state index is 0.0504. The van der Waals surface area contributed by atoms with Gasteiger partial charge in [-0.05, 0) is 30.9 Å². The van der Waals surface area contributed by atoms with E-state index in [1.54, 1.807) is 13.8 Å². The van der Waals surface area contributed by atoms with Crippen molar-refractivity contribution in [2.24, 2.45) is 16.7 Å². The number of hydrogen-bond donors (Lipinski definition) is 3. The van der Waals surface area contributed by atoms with Crippen LogP contribution in [0.1, 0.15) is 38.7 Å². The molecule has 174 valence electrons. The van der Waals surface area contributed by atoms with Crippen LogP contribution < -0.4 is 5.32 Å². The van der Waals surface area contributed by atoms with Crippen molar-refractivity contribution in [3.63, 3.8) is 0 Å². The van der Waals surface area contributed by atoms with Crippen LogP contribution in [0, 0.1) is 16.7 Å². The number of hydrogen-bond acceptors (Lipinski definition) is 4. The Kier molecular flexibility index (Phi) is 7.95. The Morgan fingerprint density at radius 1 is 1.23 bits per heavy atom. The fourth-order valence-corrected chi connectivity index (χ4v) is 5.73. The van der Waals surface area contributed by atoms with E-state index in [9.17, 15) is 28.6 Å². The highest BCUT2D eigenvalue weighted by Crippen LogP contribution is 2.61. The van der Waals surface area contributed by atoms with E-state index in [-0.39, 0.29) is 28.6 Å². The molecule has 2 rings (SSSR count). The third-order valence-corrected chi connectivity index (χ3v) is 7.52. The Bertz CT molecular complexity index is 840. The van der Waals surface area contributed by atoms with Crippen molar-refractivity contribution in [2.45, 2.75) is 51.6 Å². The number of carboxylic acids is 2. The van der Waals surface area contributed by atoms with Crippen molar-refractivity contribution in [1.29, 1.82) is 0 Å². The molecule has 1 aromatic carbocycles. The Labute approximate surface area is 189 Å². The first kappa shape index (κ1) is 25.8. The Hall–Kier alpha value is -1.48. The summed E-state index contributed by atoms with van der Waals surface area (Å²) in [4.78, 5) is 25.7. The number of rotatable bonds is 8. The molecule has 1 aliphatic rings. The largest absolute Gasteiger partial charge is 0.481 e. The van der Waals surface area contributed by atoms with E-state index in [2.05, 4.69) is 5.32 Å². The van der Waals surface area contributed by atoms with E-state index in [1.165, 1.54) is 32.2 Å². The number of ether oxygens (including phenoxy) is 1. The van der Waals surface area contributed by atoms with Crippen LogP contribution in [0.3, 0.4) is 0 Å². The SMILES string of the molecule is COCCC1(C(=O)O)C(C(F)F)NC(C)C(C(=O)O)(C(C)C)C1c1cccc(Cl)c1Cl. The maximum Gasteiger partial charge on any atom is 0.312 e. The zero-order valence-corrected chi connectivity index (χ0v) is 19.2. The summed E-state index contributed by atoms with van der Waals surface area (Å²) in [5.74, 6) is -4.93. The van der Waals surface area contributed by atoms with Crippen molar-refractivity contribution in [2.75, 3.05) is 13.7 Å². The highest BCUT2D eigenvalue weighted by atomic mass is 35.5. The maximum atomic E-state index is 14.3. The standard InChI is InChI=1S/C21H27Cl2F2NO5/c1-10(2)21(19(29)30)11(3)26-16(17(24)25)20(18(27)28,8-9-31-4)15(21)12-6-5-7-13(22)14(12)23/h5-7,10-11,15-17,26H,8-9H2,1-4H3,(H,27,28)(H,29,30). The van der Waals surface area contributed by atoms with Gasteiger partial charge in [-0.15, -0.1) is 0 Å². The molecule has 1 aliphatic heterocycles. The molecule has 0 spiro atoms. The van der Waals surface area contributed by atoms with Gasteiger partial charge in [0.1, 0.15) is 0 Å². The minimum Gasteiger partial charge on any atom is -0.481 e. The van der Waals surface area contributed by atoms with E-state index in [4.69, 9.17) is 27.9 Å². The third kappa shape index (κ3) is 3.92. The molecule has 5 unspecified atom stereocenters. The first-order chi connectivity index (χ1) is 14.4. The molecule has 0 bridgehead atoms. The molecule has 6 nitrogen and oxygen atoms in total.